The second-order valence-corrected chi connectivity index (χ2v) is 4.51. The maximum atomic E-state index is 11.3. The molecule has 90 valence electrons. The largest absolute Gasteiger partial charge is 0.342 e. The van der Waals surface area contributed by atoms with Gasteiger partial charge in [-0.2, -0.15) is 5.26 Å². The van der Waals surface area contributed by atoms with Crippen LogP contribution >= 0.6 is 15.9 Å². The van der Waals surface area contributed by atoms with Crippen LogP contribution in [0.1, 0.15) is 18.5 Å². The first-order valence-electron chi connectivity index (χ1n) is 5.26. The summed E-state index contributed by atoms with van der Waals surface area (Å²) in [5.41, 5.74) is 1.10. The number of amides is 1. The van der Waals surface area contributed by atoms with Crippen molar-refractivity contribution in [1.29, 1.82) is 5.26 Å². The van der Waals surface area contributed by atoms with Crippen molar-refractivity contribution in [3.05, 3.63) is 34.3 Å². The summed E-state index contributed by atoms with van der Waals surface area (Å²) in [6.07, 6.45) is 0. The molecule has 4 nitrogen and oxygen atoms in total. The lowest BCUT2D eigenvalue weighted by Crippen LogP contribution is -2.35. The standard InChI is InChI=1S/C12H14BrN3O/c1-9(10-3-2-4-11(13)7-10)16-8-12(17)15-6-5-14/h2-4,7,9,16H,6,8H2,1H3,(H,15,17)/t9-/m1/s1. The summed E-state index contributed by atoms with van der Waals surface area (Å²) in [5, 5.41) is 13.9. The lowest BCUT2D eigenvalue weighted by atomic mass is 10.1. The predicted octanol–water partition coefficient (Wildman–Crippen LogP) is 1.74. The van der Waals surface area contributed by atoms with E-state index >= 15 is 0 Å². The third-order valence-corrected chi connectivity index (χ3v) is 2.78. The summed E-state index contributed by atoms with van der Waals surface area (Å²) < 4.78 is 1.01. The van der Waals surface area contributed by atoms with Crippen molar-refractivity contribution in [3.63, 3.8) is 0 Å². The van der Waals surface area contributed by atoms with E-state index in [1.807, 2.05) is 37.3 Å². The van der Waals surface area contributed by atoms with Crippen LogP contribution in [0.3, 0.4) is 0 Å². The van der Waals surface area contributed by atoms with E-state index < -0.39 is 0 Å². The summed E-state index contributed by atoms with van der Waals surface area (Å²) in [7, 11) is 0. The Morgan fingerprint density at radius 1 is 1.59 bits per heavy atom. The molecule has 0 aliphatic heterocycles. The second kappa shape index (κ2) is 7.05. The number of hydrogen-bond acceptors (Lipinski definition) is 3. The third-order valence-electron chi connectivity index (χ3n) is 2.28. The average molecular weight is 296 g/mol. The SMILES string of the molecule is C[C@@H](NCC(=O)NCC#N)c1cccc(Br)c1. The van der Waals surface area contributed by atoms with Crippen molar-refractivity contribution >= 4 is 21.8 Å². The topological polar surface area (TPSA) is 64.9 Å². The molecule has 1 aromatic rings. The molecule has 0 aliphatic carbocycles. The van der Waals surface area contributed by atoms with E-state index in [1.165, 1.54) is 0 Å². The quantitative estimate of drug-likeness (QED) is 0.813. The molecule has 0 aliphatic rings. The van der Waals surface area contributed by atoms with Gasteiger partial charge >= 0.3 is 0 Å². The maximum Gasteiger partial charge on any atom is 0.234 e. The minimum absolute atomic E-state index is 0.0474. The van der Waals surface area contributed by atoms with Gasteiger partial charge in [0.05, 0.1) is 12.6 Å². The van der Waals surface area contributed by atoms with Gasteiger partial charge in [0.2, 0.25) is 5.91 Å². The summed E-state index contributed by atoms with van der Waals surface area (Å²) >= 11 is 3.40. The number of nitrogens with one attached hydrogen (secondary N) is 2. The first-order valence-corrected chi connectivity index (χ1v) is 6.05. The molecule has 1 amide bonds. The molecule has 2 N–H and O–H groups in total. The smallest absolute Gasteiger partial charge is 0.234 e. The highest BCUT2D eigenvalue weighted by molar-refractivity contribution is 9.10. The van der Waals surface area contributed by atoms with E-state index in [9.17, 15) is 4.79 Å². The van der Waals surface area contributed by atoms with Crippen molar-refractivity contribution < 1.29 is 4.79 Å². The van der Waals surface area contributed by atoms with E-state index in [2.05, 4.69) is 26.6 Å². The normalized spacial score (nSPS) is 11.6. The molecule has 0 aromatic heterocycles. The van der Waals surface area contributed by atoms with Crippen LogP contribution in [-0.4, -0.2) is 19.0 Å². The van der Waals surface area contributed by atoms with Gasteiger partial charge in [-0.05, 0) is 24.6 Å². The summed E-state index contributed by atoms with van der Waals surface area (Å²) in [6, 6.07) is 9.85. The molecule has 0 spiro atoms. The minimum Gasteiger partial charge on any atom is -0.342 e. The van der Waals surface area contributed by atoms with Crippen LogP contribution in [0.25, 0.3) is 0 Å². The van der Waals surface area contributed by atoms with Gasteiger partial charge in [-0.25, -0.2) is 0 Å². The average Bonchev–Trinajstić information content (AvgIpc) is 2.33. The molecule has 17 heavy (non-hydrogen) atoms. The van der Waals surface area contributed by atoms with E-state index in [0.29, 0.717) is 0 Å². The van der Waals surface area contributed by atoms with Gasteiger partial charge < -0.3 is 10.6 Å². The van der Waals surface area contributed by atoms with Gasteiger partial charge in [-0.3, -0.25) is 4.79 Å². The van der Waals surface area contributed by atoms with Crippen LogP contribution in [0.5, 0.6) is 0 Å². The first kappa shape index (κ1) is 13.7. The van der Waals surface area contributed by atoms with Gasteiger partial charge in [-0.1, -0.05) is 28.1 Å². The molecule has 0 unspecified atom stereocenters. The number of carbonyl (C=O) groups excluding carboxylic acids is 1. The van der Waals surface area contributed by atoms with Crippen molar-refractivity contribution in [1.82, 2.24) is 10.6 Å². The Morgan fingerprint density at radius 3 is 3.00 bits per heavy atom. The maximum absolute atomic E-state index is 11.3. The van der Waals surface area contributed by atoms with Gasteiger partial charge in [0, 0.05) is 10.5 Å². The minimum atomic E-state index is -0.173. The first-order chi connectivity index (χ1) is 8.13. The lowest BCUT2D eigenvalue weighted by Gasteiger charge is -2.13. The van der Waals surface area contributed by atoms with Crippen LogP contribution in [0.2, 0.25) is 0 Å². The fraction of sp³-hybridized carbons (Fsp3) is 0.333. The monoisotopic (exact) mass is 295 g/mol. The molecule has 0 bridgehead atoms. The highest BCUT2D eigenvalue weighted by atomic mass is 79.9. The molecule has 1 aromatic carbocycles. The summed E-state index contributed by atoms with van der Waals surface area (Å²) in [5.74, 6) is -0.173. The highest BCUT2D eigenvalue weighted by Gasteiger charge is 2.07. The molecule has 5 heteroatoms. The Hall–Kier alpha value is -1.38. The Kier molecular flexibility index (Phi) is 5.67. The van der Waals surface area contributed by atoms with Crippen LogP contribution in [0.15, 0.2) is 28.7 Å². The molecule has 1 atom stereocenters. The predicted molar refractivity (Wildman–Crippen MR) is 69.2 cm³/mol. The number of nitrogens with zero attached hydrogens (tertiary/aromatic N) is 1. The number of carbonyl (C=O) groups is 1. The summed E-state index contributed by atoms with van der Waals surface area (Å²) in [4.78, 5) is 11.3. The number of hydrogen-bond donors (Lipinski definition) is 2. The van der Waals surface area contributed by atoms with Crippen LogP contribution < -0.4 is 10.6 Å². The second-order valence-electron chi connectivity index (χ2n) is 3.59. The van der Waals surface area contributed by atoms with Crippen LogP contribution in [0, 0.1) is 11.3 Å². The van der Waals surface area contributed by atoms with Gasteiger partial charge in [0.15, 0.2) is 0 Å². The fourth-order valence-electron chi connectivity index (χ4n) is 1.34. The zero-order valence-corrected chi connectivity index (χ0v) is 11.1. The molecular weight excluding hydrogens is 282 g/mol. The Bertz CT molecular complexity index is 428. The molecule has 0 fully saturated rings. The number of benzene rings is 1. The number of halogens is 1. The Labute approximate surface area is 109 Å². The zero-order valence-electron chi connectivity index (χ0n) is 9.53. The fourth-order valence-corrected chi connectivity index (χ4v) is 1.76. The third kappa shape index (κ3) is 4.98. The Morgan fingerprint density at radius 2 is 2.35 bits per heavy atom. The van der Waals surface area contributed by atoms with Crippen molar-refractivity contribution in [2.45, 2.75) is 13.0 Å². The highest BCUT2D eigenvalue weighted by Crippen LogP contribution is 2.17. The van der Waals surface area contributed by atoms with Gasteiger partial charge in [0.1, 0.15) is 6.54 Å². The van der Waals surface area contributed by atoms with Crippen molar-refractivity contribution in [2.24, 2.45) is 0 Å². The lowest BCUT2D eigenvalue weighted by molar-refractivity contribution is -0.120. The molecule has 0 radical (unpaired) electrons. The van der Waals surface area contributed by atoms with Crippen molar-refractivity contribution in [3.8, 4) is 6.07 Å². The molecule has 1 rings (SSSR count). The van der Waals surface area contributed by atoms with Crippen molar-refractivity contribution in [2.75, 3.05) is 13.1 Å². The molecule has 0 saturated carbocycles. The van der Waals surface area contributed by atoms with E-state index in [1.54, 1.807) is 0 Å². The number of rotatable bonds is 5. The molecule has 0 heterocycles. The van der Waals surface area contributed by atoms with Gasteiger partial charge in [-0.15, -0.1) is 0 Å². The number of nitriles is 1. The van der Waals surface area contributed by atoms with E-state index in [-0.39, 0.29) is 25.0 Å². The van der Waals surface area contributed by atoms with Crippen LogP contribution in [0.4, 0.5) is 0 Å². The van der Waals surface area contributed by atoms with E-state index in [4.69, 9.17) is 5.26 Å². The summed E-state index contributed by atoms with van der Waals surface area (Å²) in [6.45, 7) is 2.24. The van der Waals surface area contributed by atoms with Gasteiger partial charge in [0.25, 0.3) is 0 Å². The Balaban J connectivity index is 2.42. The zero-order chi connectivity index (χ0) is 12.7. The van der Waals surface area contributed by atoms with E-state index in [0.717, 1.165) is 10.0 Å². The molecular formula is C12H14BrN3O. The molecule has 0 saturated heterocycles. The van der Waals surface area contributed by atoms with Crippen LogP contribution in [-0.2, 0) is 4.79 Å².